The first-order valence-corrected chi connectivity index (χ1v) is 5.84. The Morgan fingerprint density at radius 2 is 1.60 bits per heavy atom. The van der Waals surface area contributed by atoms with E-state index in [1.54, 1.807) is 0 Å². The van der Waals surface area contributed by atoms with Crippen molar-refractivity contribution in [2.75, 3.05) is 6.54 Å². The minimum Gasteiger partial charge on any atom is -0.275 e. The fourth-order valence-electron chi connectivity index (χ4n) is 2.31. The van der Waals surface area contributed by atoms with Crippen molar-refractivity contribution < 1.29 is 9.59 Å². The molecule has 0 aromatic heterocycles. The molecule has 0 aromatic rings. The zero-order valence-corrected chi connectivity index (χ0v) is 9.21. The zero-order chi connectivity index (χ0) is 10.8. The van der Waals surface area contributed by atoms with Crippen LogP contribution >= 0.6 is 0 Å². The molecule has 0 saturated heterocycles. The number of imide groups is 1. The van der Waals surface area contributed by atoms with Crippen molar-refractivity contribution in [1.82, 2.24) is 4.90 Å². The van der Waals surface area contributed by atoms with Crippen molar-refractivity contribution in [3.63, 3.8) is 0 Å². The van der Waals surface area contributed by atoms with Crippen LogP contribution in [0.4, 0.5) is 0 Å². The number of hydrogen-bond acceptors (Lipinski definition) is 2. The van der Waals surface area contributed by atoms with E-state index >= 15 is 0 Å². The van der Waals surface area contributed by atoms with Gasteiger partial charge in [-0.25, -0.2) is 0 Å². The second kappa shape index (κ2) is 4.17. The van der Waals surface area contributed by atoms with Crippen LogP contribution in [0.5, 0.6) is 0 Å². The van der Waals surface area contributed by atoms with Gasteiger partial charge in [-0.2, -0.15) is 0 Å². The molecule has 0 N–H and O–H groups in total. The summed E-state index contributed by atoms with van der Waals surface area (Å²) in [6, 6.07) is 0. The number of carbonyl (C=O) groups is 2. The Morgan fingerprint density at radius 1 is 1.07 bits per heavy atom. The van der Waals surface area contributed by atoms with Crippen LogP contribution in [0.2, 0.25) is 0 Å². The van der Waals surface area contributed by atoms with Gasteiger partial charge in [0.05, 0.1) is 0 Å². The van der Waals surface area contributed by atoms with Crippen LogP contribution in [-0.2, 0) is 9.59 Å². The second-order valence-electron chi connectivity index (χ2n) is 4.28. The molecule has 0 fully saturated rings. The lowest BCUT2D eigenvalue weighted by Gasteiger charge is -2.13. The van der Waals surface area contributed by atoms with Crippen molar-refractivity contribution in [2.45, 2.75) is 45.4 Å². The third-order valence-corrected chi connectivity index (χ3v) is 3.21. The summed E-state index contributed by atoms with van der Waals surface area (Å²) in [7, 11) is 0. The lowest BCUT2D eigenvalue weighted by Crippen LogP contribution is -2.32. The molecular formula is C12H17NO2. The Balaban J connectivity index is 2.14. The van der Waals surface area contributed by atoms with Crippen molar-refractivity contribution >= 4 is 11.8 Å². The fraction of sp³-hybridized carbons (Fsp3) is 0.667. The summed E-state index contributed by atoms with van der Waals surface area (Å²) in [6.45, 7) is 2.67. The standard InChI is InChI=1S/C12H17NO2/c1-2-3-8-13-11(14)9-6-4-5-7-10(9)12(13)15/h2-8H2,1H3. The molecule has 3 heteroatoms. The molecule has 1 heterocycles. The van der Waals surface area contributed by atoms with Crippen molar-refractivity contribution in [3.8, 4) is 0 Å². The molecule has 2 aliphatic rings. The largest absolute Gasteiger partial charge is 0.275 e. The molecule has 1 aliphatic heterocycles. The maximum Gasteiger partial charge on any atom is 0.257 e. The van der Waals surface area contributed by atoms with E-state index in [0.717, 1.165) is 49.7 Å². The highest BCUT2D eigenvalue weighted by molar-refractivity contribution is 6.19. The summed E-state index contributed by atoms with van der Waals surface area (Å²) in [5, 5.41) is 0. The van der Waals surface area contributed by atoms with Gasteiger partial charge in [0, 0.05) is 17.7 Å². The molecular weight excluding hydrogens is 190 g/mol. The number of amides is 2. The van der Waals surface area contributed by atoms with Crippen LogP contribution < -0.4 is 0 Å². The quantitative estimate of drug-likeness (QED) is 0.664. The molecule has 0 radical (unpaired) electrons. The predicted molar refractivity (Wildman–Crippen MR) is 57.1 cm³/mol. The van der Waals surface area contributed by atoms with Gasteiger partial charge >= 0.3 is 0 Å². The van der Waals surface area contributed by atoms with Gasteiger partial charge in [-0.1, -0.05) is 13.3 Å². The molecule has 0 aromatic carbocycles. The van der Waals surface area contributed by atoms with Crippen LogP contribution in [0.3, 0.4) is 0 Å². The van der Waals surface area contributed by atoms with Crippen molar-refractivity contribution in [2.24, 2.45) is 0 Å². The van der Waals surface area contributed by atoms with Gasteiger partial charge in [0.2, 0.25) is 0 Å². The van der Waals surface area contributed by atoms with E-state index in [1.807, 2.05) is 0 Å². The van der Waals surface area contributed by atoms with Gasteiger partial charge < -0.3 is 0 Å². The van der Waals surface area contributed by atoms with Crippen LogP contribution in [0, 0.1) is 0 Å². The molecule has 82 valence electrons. The molecule has 0 spiro atoms. The number of rotatable bonds is 3. The molecule has 0 saturated carbocycles. The average molecular weight is 207 g/mol. The molecule has 0 bridgehead atoms. The number of hydrogen-bond donors (Lipinski definition) is 0. The van der Waals surface area contributed by atoms with Gasteiger partial charge in [-0.15, -0.1) is 0 Å². The summed E-state index contributed by atoms with van der Waals surface area (Å²) in [6.07, 6.45) is 5.66. The Hall–Kier alpha value is -1.12. The van der Waals surface area contributed by atoms with E-state index < -0.39 is 0 Å². The smallest absolute Gasteiger partial charge is 0.257 e. The van der Waals surface area contributed by atoms with E-state index in [-0.39, 0.29) is 11.8 Å². The second-order valence-corrected chi connectivity index (χ2v) is 4.28. The Bertz CT molecular complexity index is 303. The molecule has 2 amide bonds. The molecule has 0 atom stereocenters. The SMILES string of the molecule is CCCCN1C(=O)C2=C(CCCC2)C1=O. The molecule has 3 nitrogen and oxygen atoms in total. The maximum atomic E-state index is 11.9. The minimum atomic E-state index is -0.0110. The third-order valence-electron chi connectivity index (χ3n) is 3.21. The van der Waals surface area contributed by atoms with E-state index in [9.17, 15) is 9.59 Å². The Kier molecular flexibility index (Phi) is 2.89. The lowest BCUT2D eigenvalue weighted by molar-refractivity contribution is -0.137. The summed E-state index contributed by atoms with van der Waals surface area (Å²) in [5.41, 5.74) is 1.62. The Labute approximate surface area is 90.1 Å². The molecule has 15 heavy (non-hydrogen) atoms. The molecule has 1 aliphatic carbocycles. The average Bonchev–Trinajstić information content (AvgIpc) is 2.51. The van der Waals surface area contributed by atoms with E-state index in [2.05, 4.69) is 6.92 Å². The molecule has 2 rings (SSSR count). The monoisotopic (exact) mass is 207 g/mol. The fourth-order valence-corrected chi connectivity index (χ4v) is 2.31. The van der Waals surface area contributed by atoms with E-state index in [0.29, 0.717) is 6.54 Å². The first-order chi connectivity index (χ1) is 7.25. The van der Waals surface area contributed by atoms with Crippen LogP contribution in [-0.4, -0.2) is 23.3 Å². The summed E-state index contributed by atoms with van der Waals surface area (Å²) >= 11 is 0. The van der Waals surface area contributed by atoms with E-state index in [4.69, 9.17) is 0 Å². The molecule has 0 unspecified atom stereocenters. The number of nitrogens with zero attached hydrogens (tertiary/aromatic N) is 1. The highest BCUT2D eigenvalue weighted by atomic mass is 16.2. The predicted octanol–water partition coefficient (Wildman–Crippen LogP) is 2.03. The van der Waals surface area contributed by atoms with Crippen molar-refractivity contribution in [3.05, 3.63) is 11.1 Å². The highest BCUT2D eigenvalue weighted by Gasteiger charge is 2.37. The summed E-state index contributed by atoms with van der Waals surface area (Å²) < 4.78 is 0. The zero-order valence-electron chi connectivity index (χ0n) is 9.21. The lowest BCUT2D eigenvalue weighted by atomic mass is 9.93. The van der Waals surface area contributed by atoms with Gasteiger partial charge in [-0.3, -0.25) is 14.5 Å². The summed E-state index contributed by atoms with van der Waals surface area (Å²) in [4.78, 5) is 25.3. The van der Waals surface area contributed by atoms with Crippen LogP contribution in [0.15, 0.2) is 11.1 Å². The van der Waals surface area contributed by atoms with Gasteiger partial charge in [0.15, 0.2) is 0 Å². The van der Waals surface area contributed by atoms with Gasteiger partial charge in [-0.05, 0) is 32.1 Å². The number of unbranched alkanes of at least 4 members (excludes halogenated alkanes) is 1. The summed E-state index contributed by atoms with van der Waals surface area (Å²) in [5.74, 6) is -0.0219. The van der Waals surface area contributed by atoms with Crippen LogP contribution in [0.1, 0.15) is 45.4 Å². The Morgan fingerprint density at radius 3 is 2.07 bits per heavy atom. The first kappa shape index (κ1) is 10.4. The van der Waals surface area contributed by atoms with Crippen molar-refractivity contribution in [1.29, 1.82) is 0 Å². The maximum absolute atomic E-state index is 11.9. The van der Waals surface area contributed by atoms with Gasteiger partial charge in [0.1, 0.15) is 0 Å². The normalized spacial score (nSPS) is 21.3. The van der Waals surface area contributed by atoms with Gasteiger partial charge in [0.25, 0.3) is 11.8 Å². The number of carbonyl (C=O) groups excluding carboxylic acids is 2. The van der Waals surface area contributed by atoms with Crippen LogP contribution in [0.25, 0.3) is 0 Å². The first-order valence-electron chi connectivity index (χ1n) is 5.84. The third kappa shape index (κ3) is 1.71. The van der Waals surface area contributed by atoms with E-state index in [1.165, 1.54) is 4.90 Å². The highest BCUT2D eigenvalue weighted by Crippen LogP contribution is 2.32. The topological polar surface area (TPSA) is 37.4 Å². The minimum absolute atomic E-state index is 0.0110.